The first kappa shape index (κ1) is 21.9. The number of rotatable bonds is 7. The minimum atomic E-state index is -3.62. The van der Waals surface area contributed by atoms with Gasteiger partial charge in [0.2, 0.25) is 15.9 Å². The summed E-state index contributed by atoms with van der Waals surface area (Å²) in [6, 6.07) is 13.3. The first-order valence-electron chi connectivity index (χ1n) is 10.6. The number of benzene rings is 2. The van der Waals surface area contributed by atoms with Crippen LogP contribution in [0.15, 0.2) is 59.6 Å². The molecule has 5 rings (SSSR count). The lowest BCUT2D eigenvalue weighted by atomic mass is 10.2. The van der Waals surface area contributed by atoms with E-state index in [-0.39, 0.29) is 16.8 Å². The van der Waals surface area contributed by atoms with Crippen molar-refractivity contribution in [2.75, 3.05) is 19.6 Å². The summed E-state index contributed by atoms with van der Waals surface area (Å²) >= 11 is 6.10. The van der Waals surface area contributed by atoms with Gasteiger partial charge in [0.05, 0.1) is 28.7 Å². The molecule has 2 saturated heterocycles. The highest BCUT2D eigenvalue weighted by Gasteiger charge is 2.38. The number of aromatic nitrogens is 3. The van der Waals surface area contributed by atoms with E-state index in [0.717, 1.165) is 13.0 Å². The van der Waals surface area contributed by atoms with Crippen LogP contribution in [0, 0.1) is 0 Å². The molecule has 172 valence electrons. The summed E-state index contributed by atoms with van der Waals surface area (Å²) < 4.78 is 34.7. The van der Waals surface area contributed by atoms with Crippen LogP contribution >= 0.6 is 11.6 Å². The van der Waals surface area contributed by atoms with E-state index in [2.05, 4.69) is 10.3 Å². The Kier molecular flexibility index (Phi) is 5.81. The van der Waals surface area contributed by atoms with Gasteiger partial charge in [-0.25, -0.2) is 13.1 Å². The van der Waals surface area contributed by atoms with E-state index in [4.69, 9.17) is 16.3 Å². The van der Waals surface area contributed by atoms with Crippen molar-refractivity contribution in [1.29, 1.82) is 0 Å². The van der Waals surface area contributed by atoms with Gasteiger partial charge in [-0.3, -0.25) is 4.79 Å². The van der Waals surface area contributed by atoms with Crippen LogP contribution in [0.5, 0.6) is 11.5 Å². The van der Waals surface area contributed by atoms with Crippen molar-refractivity contribution < 1.29 is 17.9 Å². The molecule has 1 amide bonds. The quantitative estimate of drug-likeness (QED) is 0.508. The molecular weight excluding hydrogens is 466 g/mol. The lowest BCUT2D eigenvalue weighted by Crippen LogP contribution is -2.50. The van der Waals surface area contributed by atoms with Crippen LogP contribution in [0.1, 0.15) is 24.6 Å². The van der Waals surface area contributed by atoms with Gasteiger partial charge in [-0.15, -0.1) is 5.10 Å². The summed E-state index contributed by atoms with van der Waals surface area (Å²) in [4.78, 5) is 13.7. The number of para-hydroxylation sites is 1. The highest BCUT2D eigenvalue weighted by atomic mass is 35.5. The molecule has 0 aliphatic carbocycles. The third kappa shape index (κ3) is 4.46. The molecule has 0 saturated carbocycles. The number of sulfonamides is 1. The molecule has 2 aromatic carbocycles. The molecule has 1 aromatic heterocycles. The lowest BCUT2D eigenvalue weighted by Gasteiger charge is -2.37. The molecule has 33 heavy (non-hydrogen) atoms. The number of amides is 1. The van der Waals surface area contributed by atoms with E-state index in [1.165, 1.54) is 16.4 Å². The number of nitrogens with zero attached hydrogens (tertiary/aromatic N) is 5. The van der Waals surface area contributed by atoms with Crippen molar-refractivity contribution in [2.45, 2.75) is 30.3 Å². The molecule has 11 heteroatoms. The largest absolute Gasteiger partial charge is 0.456 e. The Hall–Kier alpha value is -2.95. The maximum atomic E-state index is 13.0. The molecule has 3 heterocycles. The van der Waals surface area contributed by atoms with Crippen molar-refractivity contribution in [3.63, 3.8) is 0 Å². The van der Waals surface area contributed by atoms with Gasteiger partial charge in [-0.2, -0.15) is 4.31 Å². The summed E-state index contributed by atoms with van der Waals surface area (Å²) in [5.41, 5.74) is 0.709. The lowest BCUT2D eigenvalue weighted by molar-refractivity contribution is -0.128. The third-order valence-electron chi connectivity index (χ3n) is 5.81. The van der Waals surface area contributed by atoms with Crippen molar-refractivity contribution in [1.82, 2.24) is 24.2 Å². The van der Waals surface area contributed by atoms with Gasteiger partial charge in [0.25, 0.3) is 0 Å². The average Bonchev–Trinajstić information content (AvgIpc) is 3.38. The number of hydrogen-bond acceptors (Lipinski definition) is 6. The number of ether oxygens (including phenoxy) is 1. The smallest absolute Gasteiger partial charge is 0.243 e. The summed E-state index contributed by atoms with van der Waals surface area (Å²) in [6.45, 7) is 1.80. The zero-order valence-electron chi connectivity index (χ0n) is 17.7. The van der Waals surface area contributed by atoms with Crippen LogP contribution in [0.2, 0.25) is 5.02 Å². The van der Waals surface area contributed by atoms with E-state index in [0.29, 0.717) is 48.3 Å². The predicted octanol–water partition coefficient (Wildman–Crippen LogP) is 3.09. The summed E-state index contributed by atoms with van der Waals surface area (Å²) in [7, 11) is -3.62. The van der Waals surface area contributed by atoms with E-state index in [1.807, 2.05) is 6.07 Å². The summed E-state index contributed by atoms with van der Waals surface area (Å²) in [5.74, 6) is 1.13. The molecule has 2 aliphatic rings. The van der Waals surface area contributed by atoms with Crippen LogP contribution in [-0.4, -0.2) is 58.2 Å². The SMILES string of the molecule is O=C1CCCN1Cc1cn(C2CN(S(=O)(=O)c3ccc(Oc4ccccc4Cl)cc3)C2)nn1. The molecule has 2 aliphatic heterocycles. The molecular formula is C22H22ClN5O4S. The Morgan fingerprint density at radius 2 is 1.85 bits per heavy atom. The molecule has 9 nitrogen and oxygen atoms in total. The Labute approximate surface area is 196 Å². The number of carbonyl (C=O) groups excluding carboxylic acids is 1. The molecule has 3 aromatic rings. The molecule has 0 atom stereocenters. The topological polar surface area (TPSA) is 97.6 Å². The minimum absolute atomic E-state index is 0.0851. The van der Waals surface area contributed by atoms with E-state index in [1.54, 1.807) is 46.1 Å². The fraction of sp³-hybridized carbons (Fsp3) is 0.318. The number of hydrogen-bond donors (Lipinski definition) is 0. The van der Waals surface area contributed by atoms with Gasteiger partial charge in [0.1, 0.15) is 17.2 Å². The predicted molar refractivity (Wildman–Crippen MR) is 120 cm³/mol. The first-order chi connectivity index (χ1) is 15.9. The van der Waals surface area contributed by atoms with Crippen molar-refractivity contribution in [3.05, 3.63) is 65.4 Å². The number of likely N-dealkylation sites (tertiary alicyclic amines) is 1. The van der Waals surface area contributed by atoms with Gasteiger partial charge in [0, 0.05) is 26.1 Å². The Morgan fingerprint density at radius 3 is 2.55 bits per heavy atom. The van der Waals surface area contributed by atoms with Crippen molar-refractivity contribution in [3.8, 4) is 11.5 Å². The molecule has 0 unspecified atom stereocenters. The second-order valence-corrected chi connectivity index (χ2v) is 10.4. The number of halogens is 1. The molecule has 2 fully saturated rings. The molecule has 0 radical (unpaired) electrons. The maximum Gasteiger partial charge on any atom is 0.243 e. The maximum absolute atomic E-state index is 13.0. The zero-order valence-corrected chi connectivity index (χ0v) is 19.2. The summed E-state index contributed by atoms with van der Waals surface area (Å²) in [6.07, 6.45) is 3.24. The number of carbonyl (C=O) groups is 1. The third-order valence-corrected chi connectivity index (χ3v) is 7.97. The molecule has 0 spiro atoms. The first-order valence-corrected chi connectivity index (χ1v) is 12.4. The van der Waals surface area contributed by atoms with Gasteiger partial charge in [0.15, 0.2) is 0 Å². The van der Waals surface area contributed by atoms with E-state index in [9.17, 15) is 13.2 Å². The minimum Gasteiger partial charge on any atom is -0.456 e. The molecule has 0 N–H and O–H groups in total. The van der Waals surface area contributed by atoms with E-state index >= 15 is 0 Å². The zero-order chi connectivity index (χ0) is 23.0. The standard InChI is InChI=1S/C22H22ClN5O4S/c23-20-4-1-2-5-21(20)32-18-7-9-19(10-8-18)33(30,31)27-14-17(15-27)28-13-16(24-25-28)12-26-11-3-6-22(26)29/h1-2,4-5,7-10,13,17H,3,6,11-12,14-15H2. The van der Waals surface area contributed by atoms with Crippen molar-refractivity contribution in [2.24, 2.45) is 0 Å². The van der Waals surface area contributed by atoms with E-state index < -0.39 is 10.0 Å². The normalized spacial score (nSPS) is 17.4. The Morgan fingerprint density at radius 1 is 1.09 bits per heavy atom. The Bertz CT molecular complexity index is 1270. The average molecular weight is 488 g/mol. The van der Waals surface area contributed by atoms with Gasteiger partial charge < -0.3 is 9.64 Å². The Balaban J connectivity index is 1.20. The fourth-order valence-corrected chi connectivity index (χ4v) is 5.58. The van der Waals surface area contributed by atoms with Crippen LogP contribution < -0.4 is 4.74 Å². The second-order valence-electron chi connectivity index (χ2n) is 8.09. The van der Waals surface area contributed by atoms with Crippen LogP contribution in [0.4, 0.5) is 0 Å². The van der Waals surface area contributed by atoms with Crippen LogP contribution in [-0.2, 0) is 21.4 Å². The highest BCUT2D eigenvalue weighted by molar-refractivity contribution is 7.89. The highest BCUT2D eigenvalue weighted by Crippen LogP contribution is 2.31. The molecule has 0 bridgehead atoms. The van der Waals surface area contributed by atoms with Crippen LogP contribution in [0.3, 0.4) is 0 Å². The van der Waals surface area contributed by atoms with Crippen LogP contribution in [0.25, 0.3) is 0 Å². The summed E-state index contributed by atoms with van der Waals surface area (Å²) in [5, 5.41) is 8.75. The van der Waals surface area contributed by atoms with Gasteiger partial charge in [-0.05, 0) is 42.8 Å². The monoisotopic (exact) mass is 487 g/mol. The van der Waals surface area contributed by atoms with Gasteiger partial charge >= 0.3 is 0 Å². The second kappa shape index (κ2) is 8.77. The van der Waals surface area contributed by atoms with Gasteiger partial charge in [-0.1, -0.05) is 28.9 Å². The fourth-order valence-electron chi connectivity index (χ4n) is 3.89. The van der Waals surface area contributed by atoms with Crippen molar-refractivity contribution >= 4 is 27.5 Å².